The van der Waals surface area contributed by atoms with Gasteiger partial charge in [0.15, 0.2) is 0 Å². The zero-order valence-corrected chi connectivity index (χ0v) is 9.05. The normalized spacial score (nSPS) is 10.1. The number of ether oxygens (including phenoxy) is 1. The van der Waals surface area contributed by atoms with Crippen molar-refractivity contribution < 1.29 is 4.74 Å². The van der Waals surface area contributed by atoms with Gasteiger partial charge in [-0.1, -0.05) is 25.1 Å². The van der Waals surface area contributed by atoms with Crippen molar-refractivity contribution in [3.63, 3.8) is 0 Å². The van der Waals surface area contributed by atoms with Crippen molar-refractivity contribution >= 4 is 5.95 Å². The predicted octanol–water partition coefficient (Wildman–Crippen LogP) is 2.41. The number of nitrogen functional groups attached to an aromatic ring is 1. The Morgan fingerprint density at radius 1 is 1.25 bits per heavy atom. The Bertz CT molecular complexity index is 485. The summed E-state index contributed by atoms with van der Waals surface area (Å²) in [6.07, 6.45) is 2.49. The molecule has 0 aliphatic rings. The summed E-state index contributed by atoms with van der Waals surface area (Å²) >= 11 is 0. The number of anilines is 1. The summed E-state index contributed by atoms with van der Waals surface area (Å²) in [6.45, 7) is 2.08. The highest BCUT2D eigenvalue weighted by Crippen LogP contribution is 2.23. The largest absolute Gasteiger partial charge is 0.439 e. The topological polar surface area (TPSA) is 61.0 Å². The smallest absolute Gasteiger partial charge is 0.224 e. The van der Waals surface area contributed by atoms with E-state index in [9.17, 15) is 0 Å². The number of aryl methyl sites for hydroxylation is 1. The molecular formula is C12H13N3O. The Labute approximate surface area is 94.1 Å². The highest BCUT2D eigenvalue weighted by Gasteiger charge is 2.03. The number of hydrogen-bond donors (Lipinski definition) is 1. The predicted molar refractivity (Wildman–Crippen MR) is 62.3 cm³/mol. The van der Waals surface area contributed by atoms with Crippen molar-refractivity contribution in [3.05, 3.63) is 42.1 Å². The maximum Gasteiger partial charge on any atom is 0.224 e. The number of nitrogens with zero attached hydrogens (tertiary/aromatic N) is 2. The highest BCUT2D eigenvalue weighted by atomic mass is 16.5. The number of nitrogens with two attached hydrogens (primary N) is 1. The second-order valence-electron chi connectivity index (χ2n) is 3.32. The van der Waals surface area contributed by atoms with Gasteiger partial charge in [0.2, 0.25) is 11.8 Å². The first-order valence-electron chi connectivity index (χ1n) is 5.14. The van der Waals surface area contributed by atoms with Crippen molar-refractivity contribution in [1.29, 1.82) is 0 Å². The van der Waals surface area contributed by atoms with Crippen molar-refractivity contribution in [2.45, 2.75) is 13.3 Å². The van der Waals surface area contributed by atoms with Crippen molar-refractivity contribution in [3.8, 4) is 11.6 Å². The van der Waals surface area contributed by atoms with Crippen LogP contribution in [0.15, 0.2) is 36.5 Å². The van der Waals surface area contributed by atoms with Gasteiger partial charge in [-0.25, -0.2) is 4.98 Å². The van der Waals surface area contributed by atoms with Gasteiger partial charge in [-0.05, 0) is 18.1 Å². The molecule has 0 spiro atoms. The summed E-state index contributed by atoms with van der Waals surface area (Å²) in [4.78, 5) is 7.80. The third kappa shape index (κ3) is 2.28. The van der Waals surface area contributed by atoms with Crippen LogP contribution < -0.4 is 10.5 Å². The lowest BCUT2D eigenvalue weighted by Gasteiger charge is -2.08. The fraction of sp³-hybridized carbons (Fsp3) is 0.167. The average molecular weight is 215 g/mol. The molecule has 16 heavy (non-hydrogen) atoms. The molecule has 0 unspecified atom stereocenters. The number of rotatable bonds is 3. The molecule has 0 atom stereocenters. The van der Waals surface area contributed by atoms with E-state index in [0.717, 1.165) is 17.7 Å². The van der Waals surface area contributed by atoms with Crippen LogP contribution in [0.3, 0.4) is 0 Å². The Hall–Kier alpha value is -2.10. The molecule has 2 rings (SSSR count). The molecule has 1 aromatic carbocycles. The van der Waals surface area contributed by atoms with Crippen LogP contribution in [-0.2, 0) is 6.42 Å². The molecule has 0 fully saturated rings. The second kappa shape index (κ2) is 4.61. The standard InChI is InChI=1S/C12H13N3O/c1-2-9-5-3-4-6-10(9)16-11-7-8-14-12(13)15-11/h3-8H,2H2,1H3,(H2,13,14,15). The minimum absolute atomic E-state index is 0.214. The Kier molecular flexibility index (Phi) is 3.00. The maximum absolute atomic E-state index is 5.65. The molecular weight excluding hydrogens is 202 g/mol. The van der Waals surface area contributed by atoms with E-state index in [1.165, 1.54) is 0 Å². The van der Waals surface area contributed by atoms with E-state index >= 15 is 0 Å². The van der Waals surface area contributed by atoms with E-state index in [1.807, 2.05) is 24.3 Å². The Morgan fingerprint density at radius 2 is 2.06 bits per heavy atom. The minimum atomic E-state index is 0.214. The summed E-state index contributed by atoms with van der Waals surface area (Å²) in [5, 5.41) is 0. The first-order chi connectivity index (χ1) is 7.79. The second-order valence-corrected chi connectivity index (χ2v) is 3.32. The monoisotopic (exact) mass is 215 g/mol. The molecule has 1 heterocycles. The first-order valence-corrected chi connectivity index (χ1v) is 5.14. The lowest BCUT2D eigenvalue weighted by atomic mass is 10.1. The molecule has 0 saturated carbocycles. The molecule has 0 saturated heterocycles. The van der Waals surface area contributed by atoms with E-state index < -0.39 is 0 Å². The fourth-order valence-electron chi connectivity index (χ4n) is 1.42. The van der Waals surface area contributed by atoms with Crippen molar-refractivity contribution in [1.82, 2.24) is 9.97 Å². The summed E-state index contributed by atoms with van der Waals surface area (Å²) in [5.74, 6) is 1.49. The molecule has 0 radical (unpaired) electrons. The van der Waals surface area contributed by atoms with Crippen LogP contribution in [-0.4, -0.2) is 9.97 Å². The van der Waals surface area contributed by atoms with Crippen LogP contribution in [0, 0.1) is 0 Å². The van der Waals surface area contributed by atoms with Crippen LogP contribution in [0.4, 0.5) is 5.95 Å². The van der Waals surface area contributed by atoms with Crippen LogP contribution in [0.5, 0.6) is 11.6 Å². The summed E-state index contributed by atoms with van der Waals surface area (Å²) in [7, 11) is 0. The van der Waals surface area contributed by atoms with E-state index in [1.54, 1.807) is 12.3 Å². The number of para-hydroxylation sites is 1. The van der Waals surface area contributed by atoms with E-state index in [4.69, 9.17) is 10.5 Å². The van der Waals surface area contributed by atoms with Gasteiger partial charge >= 0.3 is 0 Å². The van der Waals surface area contributed by atoms with Gasteiger partial charge in [0.25, 0.3) is 0 Å². The molecule has 2 aromatic rings. The SMILES string of the molecule is CCc1ccccc1Oc1ccnc(N)n1. The van der Waals surface area contributed by atoms with Gasteiger partial charge in [0, 0.05) is 12.3 Å². The minimum Gasteiger partial charge on any atom is -0.439 e. The zero-order chi connectivity index (χ0) is 11.4. The maximum atomic E-state index is 5.65. The molecule has 2 N–H and O–H groups in total. The zero-order valence-electron chi connectivity index (χ0n) is 9.05. The Balaban J connectivity index is 2.26. The van der Waals surface area contributed by atoms with Gasteiger partial charge in [-0.3, -0.25) is 0 Å². The number of benzene rings is 1. The van der Waals surface area contributed by atoms with Crippen LogP contribution in [0.1, 0.15) is 12.5 Å². The van der Waals surface area contributed by atoms with Gasteiger partial charge in [-0.15, -0.1) is 0 Å². The lowest BCUT2D eigenvalue weighted by molar-refractivity contribution is 0.457. The molecule has 1 aromatic heterocycles. The van der Waals surface area contributed by atoms with E-state index in [-0.39, 0.29) is 5.95 Å². The molecule has 0 amide bonds. The van der Waals surface area contributed by atoms with Gasteiger partial charge in [-0.2, -0.15) is 4.98 Å². The molecule has 0 aliphatic carbocycles. The molecule has 0 bridgehead atoms. The van der Waals surface area contributed by atoms with Gasteiger partial charge in [0.1, 0.15) is 5.75 Å². The molecule has 4 heteroatoms. The fourth-order valence-corrected chi connectivity index (χ4v) is 1.42. The van der Waals surface area contributed by atoms with Crippen LogP contribution in [0.25, 0.3) is 0 Å². The van der Waals surface area contributed by atoms with Crippen molar-refractivity contribution in [2.24, 2.45) is 0 Å². The summed E-state index contributed by atoms with van der Waals surface area (Å²) < 4.78 is 5.65. The highest BCUT2D eigenvalue weighted by molar-refractivity contribution is 5.36. The van der Waals surface area contributed by atoms with E-state index in [0.29, 0.717) is 5.88 Å². The first kappa shape index (κ1) is 10.4. The number of aromatic nitrogens is 2. The average Bonchev–Trinajstić information content (AvgIpc) is 2.30. The quantitative estimate of drug-likeness (QED) is 0.854. The lowest BCUT2D eigenvalue weighted by Crippen LogP contribution is -1.97. The number of hydrogen-bond acceptors (Lipinski definition) is 4. The van der Waals surface area contributed by atoms with Crippen LogP contribution >= 0.6 is 0 Å². The van der Waals surface area contributed by atoms with E-state index in [2.05, 4.69) is 16.9 Å². The summed E-state index contributed by atoms with van der Waals surface area (Å²) in [6, 6.07) is 9.54. The molecule has 0 aliphatic heterocycles. The Morgan fingerprint density at radius 3 is 2.81 bits per heavy atom. The van der Waals surface area contributed by atoms with Crippen molar-refractivity contribution in [2.75, 3.05) is 5.73 Å². The third-order valence-corrected chi connectivity index (χ3v) is 2.22. The van der Waals surface area contributed by atoms with Crippen LogP contribution in [0.2, 0.25) is 0 Å². The molecule has 4 nitrogen and oxygen atoms in total. The third-order valence-electron chi connectivity index (χ3n) is 2.22. The van der Waals surface area contributed by atoms with Gasteiger partial charge < -0.3 is 10.5 Å². The summed E-state index contributed by atoms with van der Waals surface area (Å²) in [5.41, 5.74) is 6.62. The van der Waals surface area contributed by atoms with Gasteiger partial charge in [0.05, 0.1) is 0 Å². The molecule has 82 valence electrons.